The molecule has 1 aliphatic rings. The largest absolute Gasteiger partial charge is 0.338 e. The molecule has 1 unspecified atom stereocenters. The van der Waals surface area contributed by atoms with Crippen molar-refractivity contribution < 1.29 is 13.2 Å². The van der Waals surface area contributed by atoms with E-state index in [9.17, 15) is 13.2 Å². The maximum Gasteiger partial charge on any atom is 0.247 e. The topological polar surface area (TPSA) is 93.3 Å². The third-order valence-corrected chi connectivity index (χ3v) is 6.84. The summed E-state index contributed by atoms with van der Waals surface area (Å²) in [5.41, 5.74) is 1.60. The summed E-state index contributed by atoms with van der Waals surface area (Å²) < 4.78 is 30.2. The maximum atomic E-state index is 12.8. The third-order valence-electron chi connectivity index (χ3n) is 4.84. The van der Waals surface area contributed by atoms with E-state index < -0.39 is 16.1 Å². The first kappa shape index (κ1) is 18.6. The van der Waals surface area contributed by atoms with Crippen molar-refractivity contribution in [1.29, 1.82) is 0 Å². The molecule has 26 heavy (non-hydrogen) atoms. The fourth-order valence-electron chi connectivity index (χ4n) is 3.04. The van der Waals surface area contributed by atoms with Crippen molar-refractivity contribution in [3.05, 3.63) is 29.8 Å². The molecule has 1 amide bonds. The van der Waals surface area contributed by atoms with Crippen molar-refractivity contribution in [1.82, 2.24) is 28.8 Å². The number of sulfonamides is 1. The van der Waals surface area contributed by atoms with Gasteiger partial charge in [0.25, 0.3) is 0 Å². The lowest BCUT2D eigenvalue weighted by Crippen LogP contribution is -2.51. The van der Waals surface area contributed by atoms with Crippen molar-refractivity contribution in [2.75, 3.05) is 26.2 Å². The molecule has 2 aromatic rings. The quantitative estimate of drug-likeness (QED) is 0.762. The second-order valence-corrected chi connectivity index (χ2v) is 8.53. The molecular formula is C16H24N6O3S. The average Bonchev–Trinajstić information content (AvgIpc) is 3.20. The van der Waals surface area contributed by atoms with Crippen LogP contribution in [-0.4, -0.2) is 69.3 Å². The zero-order valence-electron chi connectivity index (χ0n) is 15.5. The minimum atomic E-state index is -3.60. The molecule has 0 spiro atoms. The Labute approximate surface area is 153 Å². The Balaban J connectivity index is 1.67. The van der Waals surface area contributed by atoms with Gasteiger partial charge in [-0.3, -0.25) is 14.2 Å². The summed E-state index contributed by atoms with van der Waals surface area (Å²) in [5, 5.41) is 8.21. The predicted octanol–water partition coefficient (Wildman–Crippen LogP) is 0.328. The van der Waals surface area contributed by atoms with Gasteiger partial charge >= 0.3 is 0 Å². The summed E-state index contributed by atoms with van der Waals surface area (Å²) in [6, 6.07) is -0.410. The van der Waals surface area contributed by atoms with Gasteiger partial charge in [-0.1, -0.05) is 0 Å². The zero-order valence-corrected chi connectivity index (χ0v) is 16.3. The van der Waals surface area contributed by atoms with Crippen molar-refractivity contribution in [2.24, 2.45) is 7.05 Å². The number of rotatable bonds is 4. The smallest absolute Gasteiger partial charge is 0.247 e. The van der Waals surface area contributed by atoms with Crippen LogP contribution in [0.5, 0.6) is 0 Å². The highest BCUT2D eigenvalue weighted by atomic mass is 32.2. The molecule has 0 radical (unpaired) electrons. The van der Waals surface area contributed by atoms with Crippen molar-refractivity contribution in [3.63, 3.8) is 0 Å². The maximum absolute atomic E-state index is 12.8. The molecule has 0 aromatic carbocycles. The Morgan fingerprint density at radius 3 is 2.27 bits per heavy atom. The van der Waals surface area contributed by atoms with Gasteiger partial charge in [-0.2, -0.15) is 14.5 Å². The Kier molecular flexibility index (Phi) is 4.89. The van der Waals surface area contributed by atoms with Crippen LogP contribution < -0.4 is 0 Å². The minimum absolute atomic E-state index is 0.0530. The molecule has 10 heteroatoms. The highest BCUT2D eigenvalue weighted by Gasteiger charge is 2.33. The molecule has 9 nitrogen and oxygen atoms in total. The highest BCUT2D eigenvalue weighted by molar-refractivity contribution is 7.89. The summed E-state index contributed by atoms with van der Waals surface area (Å²) in [5.74, 6) is -0.0530. The number of nitrogens with zero attached hydrogens (tertiary/aromatic N) is 6. The monoisotopic (exact) mass is 380 g/mol. The van der Waals surface area contributed by atoms with Crippen LogP contribution in [0.25, 0.3) is 0 Å². The minimum Gasteiger partial charge on any atom is -0.338 e. The standard InChI is InChI=1S/C16H24N6O3S/c1-12-9-18-22(11-12)14(3)16(23)20-5-7-21(8-6-20)26(24,25)15-10-17-19(4)13(15)2/h9-11,14H,5-8H2,1-4H3. The van der Waals surface area contributed by atoms with Crippen LogP contribution in [0.1, 0.15) is 24.2 Å². The summed E-state index contributed by atoms with van der Waals surface area (Å²) in [6.45, 7) is 6.72. The lowest BCUT2D eigenvalue weighted by atomic mass is 10.2. The van der Waals surface area contributed by atoms with Gasteiger partial charge in [-0.25, -0.2) is 8.42 Å². The predicted molar refractivity (Wildman–Crippen MR) is 95.0 cm³/mol. The molecule has 0 aliphatic carbocycles. The van der Waals surface area contributed by atoms with Gasteiger partial charge in [0.05, 0.1) is 18.1 Å². The Morgan fingerprint density at radius 1 is 1.12 bits per heavy atom. The number of amides is 1. The number of hydrogen-bond donors (Lipinski definition) is 0. The van der Waals surface area contributed by atoms with Crippen molar-refractivity contribution >= 4 is 15.9 Å². The second kappa shape index (κ2) is 6.84. The average molecular weight is 380 g/mol. The molecule has 1 saturated heterocycles. The number of carbonyl (C=O) groups is 1. The molecule has 1 atom stereocenters. The zero-order chi connectivity index (χ0) is 19.1. The fourth-order valence-corrected chi connectivity index (χ4v) is 4.65. The van der Waals surface area contributed by atoms with E-state index in [1.54, 1.807) is 41.4 Å². The van der Waals surface area contributed by atoms with E-state index in [0.717, 1.165) is 5.56 Å². The van der Waals surface area contributed by atoms with Gasteiger partial charge in [-0.15, -0.1) is 0 Å². The van der Waals surface area contributed by atoms with Crippen LogP contribution in [0, 0.1) is 13.8 Å². The van der Waals surface area contributed by atoms with Gasteiger partial charge in [-0.05, 0) is 26.3 Å². The Bertz CT molecular complexity index is 908. The number of carbonyl (C=O) groups excluding carboxylic acids is 1. The lowest BCUT2D eigenvalue weighted by molar-refractivity contribution is -0.135. The second-order valence-electron chi connectivity index (χ2n) is 6.62. The molecule has 2 aromatic heterocycles. The van der Waals surface area contributed by atoms with Crippen LogP contribution >= 0.6 is 0 Å². The van der Waals surface area contributed by atoms with Crippen LogP contribution in [0.15, 0.2) is 23.5 Å². The summed E-state index contributed by atoms with van der Waals surface area (Å²) >= 11 is 0. The SMILES string of the molecule is Cc1cnn(C(C)C(=O)N2CCN(S(=O)(=O)c3cnn(C)c3C)CC2)c1. The molecule has 0 N–H and O–H groups in total. The third kappa shape index (κ3) is 3.26. The van der Waals surface area contributed by atoms with Gasteiger partial charge in [0.1, 0.15) is 10.9 Å². The molecule has 0 saturated carbocycles. The Hall–Kier alpha value is -2.20. The van der Waals surface area contributed by atoms with E-state index in [0.29, 0.717) is 18.8 Å². The van der Waals surface area contributed by atoms with Crippen LogP contribution in [-0.2, 0) is 21.9 Å². The first-order valence-electron chi connectivity index (χ1n) is 8.50. The van der Waals surface area contributed by atoms with Gasteiger partial charge in [0, 0.05) is 39.4 Å². The van der Waals surface area contributed by atoms with Crippen LogP contribution in [0.4, 0.5) is 0 Å². The van der Waals surface area contributed by atoms with E-state index in [4.69, 9.17) is 0 Å². The van der Waals surface area contributed by atoms with Crippen LogP contribution in [0.3, 0.4) is 0 Å². The van der Waals surface area contributed by atoms with E-state index in [1.807, 2.05) is 13.1 Å². The van der Waals surface area contributed by atoms with E-state index in [2.05, 4.69) is 10.2 Å². The Morgan fingerprint density at radius 2 is 1.77 bits per heavy atom. The number of aromatic nitrogens is 4. The summed E-state index contributed by atoms with van der Waals surface area (Å²) in [6.07, 6.45) is 4.92. The van der Waals surface area contributed by atoms with Gasteiger partial charge in [0.2, 0.25) is 15.9 Å². The molecular weight excluding hydrogens is 356 g/mol. The molecule has 0 bridgehead atoms. The van der Waals surface area contributed by atoms with E-state index >= 15 is 0 Å². The van der Waals surface area contributed by atoms with Gasteiger partial charge in [0.15, 0.2) is 0 Å². The summed E-state index contributed by atoms with van der Waals surface area (Å²) in [4.78, 5) is 14.6. The molecule has 3 heterocycles. The van der Waals surface area contributed by atoms with E-state index in [-0.39, 0.29) is 23.9 Å². The highest BCUT2D eigenvalue weighted by Crippen LogP contribution is 2.21. The molecule has 142 valence electrons. The fraction of sp³-hybridized carbons (Fsp3) is 0.562. The van der Waals surface area contributed by atoms with Gasteiger partial charge < -0.3 is 4.90 Å². The normalized spacial score (nSPS) is 17.5. The number of aryl methyl sites for hydroxylation is 2. The first-order chi connectivity index (χ1) is 12.2. The first-order valence-corrected chi connectivity index (χ1v) is 9.94. The van der Waals surface area contributed by atoms with E-state index in [1.165, 1.54) is 10.5 Å². The van der Waals surface area contributed by atoms with Crippen LogP contribution in [0.2, 0.25) is 0 Å². The molecule has 1 fully saturated rings. The molecule has 3 rings (SSSR count). The number of hydrogen-bond acceptors (Lipinski definition) is 5. The van der Waals surface area contributed by atoms with Crippen molar-refractivity contribution in [3.8, 4) is 0 Å². The summed E-state index contributed by atoms with van der Waals surface area (Å²) in [7, 11) is -1.88. The lowest BCUT2D eigenvalue weighted by Gasteiger charge is -2.35. The molecule has 1 aliphatic heterocycles. The van der Waals surface area contributed by atoms with Crippen molar-refractivity contribution in [2.45, 2.75) is 31.7 Å². The number of piperazine rings is 1.